The van der Waals surface area contributed by atoms with E-state index in [1.807, 2.05) is 24.3 Å². The van der Waals surface area contributed by atoms with E-state index >= 15 is 0 Å². The molecule has 0 saturated carbocycles. The molecule has 0 aliphatic rings. The fraction of sp³-hybridized carbons (Fsp3) is 0.231. The Balaban J connectivity index is 2.04. The molecule has 2 rings (SSSR count). The summed E-state index contributed by atoms with van der Waals surface area (Å²) < 4.78 is 0. The summed E-state index contributed by atoms with van der Waals surface area (Å²) in [4.78, 5) is 17.7. The molecule has 5 nitrogen and oxygen atoms in total. The van der Waals surface area contributed by atoms with Gasteiger partial charge >= 0.3 is 0 Å². The van der Waals surface area contributed by atoms with Gasteiger partial charge in [0, 0.05) is 12.6 Å². The maximum Gasteiger partial charge on any atom is 0.252 e. The number of hydrogen-bond acceptors (Lipinski definition) is 4. The number of H-pyrrole nitrogens is 1. The zero-order valence-electron chi connectivity index (χ0n) is 10.0. The maximum absolute atomic E-state index is 11.2. The van der Waals surface area contributed by atoms with E-state index < -0.39 is 0 Å². The second kappa shape index (κ2) is 5.46. The lowest BCUT2D eigenvalue weighted by Gasteiger charge is -2.03. The number of nitrogens with one attached hydrogen (secondary N) is 1. The molecule has 2 aromatic rings. The summed E-state index contributed by atoms with van der Waals surface area (Å²) in [5, 5.41) is 0. The summed E-state index contributed by atoms with van der Waals surface area (Å²) in [5.41, 5.74) is 13.8. The molecule has 5 heteroatoms. The van der Waals surface area contributed by atoms with Crippen LogP contribution >= 0.6 is 0 Å². The number of rotatable bonds is 4. The van der Waals surface area contributed by atoms with Crippen molar-refractivity contribution in [1.82, 2.24) is 9.97 Å². The highest BCUT2D eigenvalue weighted by atomic mass is 16.1. The van der Waals surface area contributed by atoms with Crippen LogP contribution in [-0.4, -0.2) is 9.97 Å². The number of nitrogen functional groups attached to an aromatic ring is 1. The fourth-order valence-electron chi connectivity index (χ4n) is 1.77. The third-order valence-corrected chi connectivity index (χ3v) is 2.74. The van der Waals surface area contributed by atoms with E-state index in [1.54, 1.807) is 0 Å². The lowest BCUT2D eigenvalue weighted by Crippen LogP contribution is -2.12. The van der Waals surface area contributed by atoms with Crippen LogP contribution < -0.4 is 17.0 Å². The predicted octanol–water partition coefficient (Wildman–Crippen LogP) is 0.596. The van der Waals surface area contributed by atoms with Crippen LogP contribution in [0.3, 0.4) is 0 Å². The number of benzene rings is 1. The van der Waals surface area contributed by atoms with Crippen LogP contribution in [0, 0.1) is 0 Å². The van der Waals surface area contributed by atoms with Gasteiger partial charge in [0.15, 0.2) is 0 Å². The summed E-state index contributed by atoms with van der Waals surface area (Å²) in [5.74, 6) is 0.163. The first-order chi connectivity index (χ1) is 8.67. The average molecular weight is 244 g/mol. The Morgan fingerprint density at radius 3 is 2.39 bits per heavy atom. The van der Waals surface area contributed by atoms with Crippen LogP contribution in [0.15, 0.2) is 35.1 Å². The van der Waals surface area contributed by atoms with Crippen molar-refractivity contribution in [2.24, 2.45) is 5.73 Å². The molecule has 0 amide bonds. The van der Waals surface area contributed by atoms with Crippen LogP contribution in [-0.2, 0) is 19.4 Å². The number of anilines is 1. The lowest BCUT2D eigenvalue weighted by molar-refractivity contribution is 0.897. The highest BCUT2D eigenvalue weighted by Gasteiger charge is 2.00. The molecule has 1 aromatic heterocycles. The van der Waals surface area contributed by atoms with Crippen molar-refractivity contribution in [1.29, 1.82) is 0 Å². The van der Waals surface area contributed by atoms with Gasteiger partial charge in [-0.15, -0.1) is 0 Å². The zero-order valence-corrected chi connectivity index (χ0v) is 10.0. The van der Waals surface area contributed by atoms with Gasteiger partial charge in [-0.25, -0.2) is 4.98 Å². The standard InChI is InChI=1S/C13H16N4O/c14-8-10-3-1-9(2-4-10)5-6-11-7-12(18)17-13(15)16-11/h1-4,7H,5-6,8,14H2,(H3,15,16,17,18). The lowest BCUT2D eigenvalue weighted by atomic mass is 10.1. The van der Waals surface area contributed by atoms with Gasteiger partial charge in [-0.3, -0.25) is 9.78 Å². The van der Waals surface area contributed by atoms with Crippen molar-refractivity contribution < 1.29 is 0 Å². The minimum atomic E-state index is -0.212. The van der Waals surface area contributed by atoms with Crippen molar-refractivity contribution in [3.8, 4) is 0 Å². The molecule has 0 spiro atoms. The normalized spacial score (nSPS) is 10.5. The van der Waals surface area contributed by atoms with Crippen molar-refractivity contribution >= 4 is 5.95 Å². The van der Waals surface area contributed by atoms with E-state index in [2.05, 4.69) is 9.97 Å². The van der Waals surface area contributed by atoms with E-state index in [0.717, 1.165) is 12.0 Å². The van der Waals surface area contributed by atoms with Crippen molar-refractivity contribution in [2.75, 3.05) is 5.73 Å². The van der Waals surface area contributed by atoms with E-state index in [4.69, 9.17) is 11.5 Å². The van der Waals surface area contributed by atoms with Crippen LogP contribution in [0.25, 0.3) is 0 Å². The number of aromatic amines is 1. The number of nitrogens with zero attached hydrogens (tertiary/aromatic N) is 1. The fourth-order valence-corrected chi connectivity index (χ4v) is 1.77. The summed E-state index contributed by atoms with van der Waals surface area (Å²) in [6, 6.07) is 9.58. The van der Waals surface area contributed by atoms with Crippen LogP contribution in [0.5, 0.6) is 0 Å². The van der Waals surface area contributed by atoms with Crippen LogP contribution in [0.1, 0.15) is 16.8 Å². The SMILES string of the molecule is NCc1ccc(CCc2cc(=O)[nH]c(N)n2)cc1. The average Bonchev–Trinajstić information content (AvgIpc) is 2.36. The molecular formula is C13H16N4O. The highest BCUT2D eigenvalue weighted by Crippen LogP contribution is 2.07. The van der Waals surface area contributed by atoms with E-state index in [-0.39, 0.29) is 11.5 Å². The zero-order chi connectivity index (χ0) is 13.0. The highest BCUT2D eigenvalue weighted by molar-refractivity contribution is 5.24. The first kappa shape index (κ1) is 12.3. The smallest absolute Gasteiger partial charge is 0.252 e. The first-order valence-electron chi connectivity index (χ1n) is 5.81. The third kappa shape index (κ3) is 3.18. The van der Waals surface area contributed by atoms with Gasteiger partial charge < -0.3 is 11.5 Å². The summed E-state index contributed by atoms with van der Waals surface area (Å²) in [7, 11) is 0. The molecule has 0 bridgehead atoms. The predicted molar refractivity (Wildman–Crippen MR) is 71.0 cm³/mol. The third-order valence-electron chi connectivity index (χ3n) is 2.74. The second-order valence-corrected chi connectivity index (χ2v) is 4.14. The Morgan fingerprint density at radius 1 is 1.11 bits per heavy atom. The van der Waals surface area contributed by atoms with Gasteiger partial charge in [0.05, 0.1) is 5.69 Å². The maximum atomic E-state index is 11.2. The summed E-state index contributed by atoms with van der Waals surface area (Å²) in [6.07, 6.45) is 1.51. The summed E-state index contributed by atoms with van der Waals surface area (Å²) >= 11 is 0. The second-order valence-electron chi connectivity index (χ2n) is 4.14. The van der Waals surface area contributed by atoms with Crippen molar-refractivity contribution in [3.05, 3.63) is 57.5 Å². The first-order valence-corrected chi connectivity index (χ1v) is 5.81. The van der Waals surface area contributed by atoms with Crippen molar-refractivity contribution in [3.63, 3.8) is 0 Å². The van der Waals surface area contributed by atoms with Gasteiger partial charge in [0.2, 0.25) is 5.95 Å². The Kier molecular flexibility index (Phi) is 3.74. The molecule has 0 saturated heterocycles. The van der Waals surface area contributed by atoms with Gasteiger partial charge in [0.1, 0.15) is 0 Å². The molecule has 0 radical (unpaired) electrons. The number of aryl methyl sites for hydroxylation is 2. The quantitative estimate of drug-likeness (QED) is 0.733. The van der Waals surface area contributed by atoms with E-state index in [9.17, 15) is 4.79 Å². The number of hydrogen-bond donors (Lipinski definition) is 3. The van der Waals surface area contributed by atoms with E-state index in [0.29, 0.717) is 18.7 Å². The molecule has 0 atom stereocenters. The Morgan fingerprint density at radius 2 is 1.78 bits per heavy atom. The minimum absolute atomic E-state index is 0.163. The molecule has 94 valence electrons. The Labute approximate surface area is 105 Å². The molecule has 1 aromatic carbocycles. The Bertz CT molecular complexity index is 574. The van der Waals surface area contributed by atoms with E-state index in [1.165, 1.54) is 11.6 Å². The molecule has 18 heavy (non-hydrogen) atoms. The number of aromatic nitrogens is 2. The van der Waals surface area contributed by atoms with Crippen LogP contribution in [0.2, 0.25) is 0 Å². The molecule has 1 heterocycles. The molecular weight excluding hydrogens is 228 g/mol. The van der Waals surface area contributed by atoms with Crippen molar-refractivity contribution in [2.45, 2.75) is 19.4 Å². The molecule has 0 fully saturated rings. The number of nitrogens with two attached hydrogens (primary N) is 2. The van der Waals surface area contributed by atoms with Gasteiger partial charge in [0.25, 0.3) is 5.56 Å². The van der Waals surface area contributed by atoms with Gasteiger partial charge in [-0.1, -0.05) is 24.3 Å². The van der Waals surface area contributed by atoms with Gasteiger partial charge in [-0.05, 0) is 24.0 Å². The van der Waals surface area contributed by atoms with Gasteiger partial charge in [-0.2, -0.15) is 0 Å². The minimum Gasteiger partial charge on any atom is -0.369 e. The topological polar surface area (TPSA) is 97.8 Å². The van der Waals surface area contributed by atoms with Crippen LogP contribution in [0.4, 0.5) is 5.95 Å². The largest absolute Gasteiger partial charge is 0.369 e. The molecule has 0 aliphatic heterocycles. The summed E-state index contributed by atoms with van der Waals surface area (Å²) in [6.45, 7) is 0.548. The monoisotopic (exact) mass is 244 g/mol. The Hall–Kier alpha value is -2.14. The molecule has 0 aliphatic carbocycles. The molecule has 5 N–H and O–H groups in total. The molecule has 0 unspecified atom stereocenters.